The molecule has 0 spiro atoms. The Morgan fingerprint density at radius 2 is 2.09 bits per heavy atom. The summed E-state index contributed by atoms with van der Waals surface area (Å²) >= 11 is 1.46. The van der Waals surface area contributed by atoms with Crippen LogP contribution < -0.4 is 15.6 Å². The largest absolute Gasteiger partial charge is 0.477 e. The number of β-lactam (4-membered cyclic amide) rings is 1. The molecule has 2 aliphatic heterocycles. The van der Waals surface area contributed by atoms with Crippen molar-refractivity contribution in [3.05, 3.63) is 53.5 Å². The molecule has 3 rings (SSSR count). The third-order valence-corrected chi connectivity index (χ3v) is 6.33. The number of carbonyl (C=O) groups excluding carboxylic acids is 2. The van der Waals surface area contributed by atoms with Crippen LogP contribution in [0.1, 0.15) is 5.56 Å². The molecule has 11 heteroatoms. The van der Waals surface area contributed by atoms with E-state index in [1.165, 1.54) is 16.7 Å². The number of rotatable bonds is 11. The fraction of sp³-hybridized carbons (Fsp3) is 0.429. The van der Waals surface area contributed by atoms with Crippen LogP contribution in [0.4, 0.5) is 0 Å². The van der Waals surface area contributed by atoms with Crippen LogP contribution in [0.25, 0.3) is 0 Å². The lowest BCUT2D eigenvalue weighted by Crippen LogP contribution is -2.68. The number of aliphatic carboxylic acids is 1. The van der Waals surface area contributed by atoms with E-state index in [0.29, 0.717) is 31.0 Å². The minimum absolute atomic E-state index is 0.00446. The first kappa shape index (κ1) is 23.9. The van der Waals surface area contributed by atoms with E-state index in [0.717, 1.165) is 5.56 Å². The third-order valence-electron chi connectivity index (χ3n) is 5.01. The first-order chi connectivity index (χ1) is 15.4. The number of carbonyl (C=O) groups is 3. The molecule has 2 amide bonds. The van der Waals surface area contributed by atoms with Crippen LogP contribution in [-0.2, 0) is 32.1 Å². The second-order valence-corrected chi connectivity index (χ2v) is 8.39. The van der Waals surface area contributed by atoms with Gasteiger partial charge in [0.25, 0.3) is 0 Å². The van der Waals surface area contributed by atoms with Crippen molar-refractivity contribution in [3.63, 3.8) is 0 Å². The topological polar surface area (TPSA) is 146 Å². The smallest absolute Gasteiger partial charge is 0.352 e. The number of aromatic nitrogens is 1. The zero-order valence-corrected chi connectivity index (χ0v) is 18.3. The van der Waals surface area contributed by atoms with E-state index in [9.17, 15) is 19.5 Å². The number of aliphatic hydroxyl groups excluding tert-OH is 1. The summed E-state index contributed by atoms with van der Waals surface area (Å²) < 4.78 is 6.98. The van der Waals surface area contributed by atoms with Gasteiger partial charge in [-0.15, -0.1) is 11.8 Å². The fourth-order valence-electron chi connectivity index (χ4n) is 3.39. The fourth-order valence-corrected chi connectivity index (χ4v) is 4.65. The number of thioether (sulfide) groups is 1. The summed E-state index contributed by atoms with van der Waals surface area (Å²) in [4.78, 5) is 36.9. The molecule has 10 nitrogen and oxygen atoms in total. The van der Waals surface area contributed by atoms with E-state index in [-0.39, 0.29) is 42.5 Å². The van der Waals surface area contributed by atoms with Crippen LogP contribution >= 0.6 is 11.8 Å². The Hall–Kier alpha value is -2.73. The highest BCUT2D eigenvalue weighted by molar-refractivity contribution is 8.00. The van der Waals surface area contributed by atoms with E-state index >= 15 is 0 Å². The van der Waals surface area contributed by atoms with Gasteiger partial charge in [0, 0.05) is 24.4 Å². The second-order valence-electron chi connectivity index (χ2n) is 7.28. The predicted molar refractivity (Wildman–Crippen MR) is 116 cm³/mol. The third kappa shape index (κ3) is 5.74. The minimum atomic E-state index is -1.13. The number of allylic oxidation sites excluding steroid dienone is 2. The summed E-state index contributed by atoms with van der Waals surface area (Å²) in [6.07, 6.45) is 7.50. The van der Waals surface area contributed by atoms with Crippen molar-refractivity contribution in [2.75, 3.05) is 32.1 Å². The molecule has 0 bridgehead atoms. The molecule has 0 radical (unpaired) electrons. The zero-order chi connectivity index (χ0) is 23.1. The van der Waals surface area contributed by atoms with Gasteiger partial charge >= 0.3 is 5.97 Å². The molecular formula is C21H27N4O6S+. The molecular weight excluding hydrogens is 436 g/mol. The van der Waals surface area contributed by atoms with Gasteiger partial charge in [0.1, 0.15) is 17.1 Å². The van der Waals surface area contributed by atoms with Gasteiger partial charge in [-0.1, -0.05) is 6.08 Å². The molecule has 1 aromatic rings. The Balaban J connectivity index is 1.52. The zero-order valence-electron chi connectivity index (χ0n) is 17.5. The molecule has 1 aromatic heterocycles. The van der Waals surface area contributed by atoms with E-state index in [4.69, 9.17) is 15.6 Å². The molecule has 2 atom stereocenters. The van der Waals surface area contributed by atoms with Gasteiger partial charge in [-0.2, -0.15) is 0 Å². The number of aliphatic hydroxyl groups is 1. The number of nitrogens with one attached hydrogen (secondary N) is 1. The van der Waals surface area contributed by atoms with Crippen LogP contribution in [-0.4, -0.2) is 76.4 Å². The highest BCUT2D eigenvalue weighted by atomic mass is 32.2. The van der Waals surface area contributed by atoms with Gasteiger partial charge in [0.15, 0.2) is 18.9 Å². The first-order valence-electron chi connectivity index (χ1n) is 10.2. The molecule has 0 unspecified atom stereocenters. The van der Waals surface area contributed by atoms with Gasteiger partial charge in [0.2, 0.25) is 11.8 Å². The summed E-state index contributed by atoms with van der Waals surface area (Å²) in [5.41, 5.74) is 7.20. The van der Waals surface area contributed by atoms with Gasteiger partial charge in [-0.05, 0) is 17.2 Å². The summed E-state index contributed by atoms with van der Waals surface area (Å²) in [6.45, 7) is 1.45. The molecule has 2 aliphatic rings. The number of amides is 2. The van der Waals surface area contributed by atoms with Crippen molar-refractivity contribution >= 4 is 29.5 Å². The highest BCUT2D eigenvalue weighted by Crippen LogP contribution is 2.39. The number of hydrogen-bond acceptors (Lipinski definition) is 7. The number of carboxylic acid groups (broad SMARTS) is 1. The van der Waals surface area contributed by atoms with Crippen LogP contribution in [0.2, 0.25) is 0 Å². The van der Waals surface area contributed by atoms with Crippen LogP contribution in [0, 0.1) is 0 Å². The summed E-state index contributed by atoms with van der Waals surface area (Å²) in [7, 11) is 0. The lowest BCUT2D eigenvalue weighted by Gasteiger charge is -2.47. The predicted octanol–water partition coefficient (Wildman–Crippen LogP) is -1.22. The summed E-state index contributed by atoms with van der Waals surface area (Å²) in [5.74, 6) is -1.14. The first-order valence-corrected chi connectivity index (χ1v) is 11.2. The Kier molecular flexibility index (Phi) is 8.39. The standard InChI is InChI=1S/C21H26N4O6S/c22-17-19(28)25-18(21(29)30)15(13-32-20(17)25)2-1-6-24-7-3-14(4-8-24)12-16(27)23-5-10-31-11-9-26/h1-4,7-8,17,20,26H,5-6,9-13,22H2,(H-,23,27,29,30)/p+1/b2-1+/t17-,20-/m1/s1. The lowest BCUT2D eigenvalue weighted by atomic mass is 10.0. The number of pyridine rings is 1. The molecule has 1 saturated heterocycles. The monoisotopic (exact) mass is 463 g/mol. The molecule has 1 fully saturated rings. The SMILES string of the molecule is N[C@@H]1C(=O)N2C(C(=O)O)=C(/C=C/C[n+]3ccc(CC(=O)NCCOCCO)cc3)CS[C@H]12. The number of carboxylic acids is 1. The van der Waals surface area contributed by atoms with Crippen LogP contribution in [0.5, 0.6) is 0 Å². The van der Waals surface area contributed by atoms with E-state index in [1.807, 2.05) is 35.2 Å². The molecule has 5 N–H and O–H groups in total. The Morgan fingerprint density at radius 1 is 1.34 bits per heavy atom. The van der Waals surface area contributed by atoms with Gasteiger partial charge < -0.3 is 26.0 Å². The Labute approximate surface area is 189 Å². The van der Waals surface area contributed by atoms with Gasteiger partial charge in [-0.25, -0.2) is 9.36 Å². The van der Waals surface area contributed by atoms with Crippen molar-refractivity contribution in [1.29, 1.82) is 0 Å². The number of ether oxygens (including phenoxy) is 1. The van der Waals surface area contributed by atoms with Crippen molar-refractivity contribution in [1.82, 2.24) is 10.2 Å². The summed E-state index contributed by atoms with van der Waals surface area (Å²) in [5, 5.41) is 20.6. The molecule has 32 heavy (non-hydrogen) atoms. The maximum absolute atomic E-state index is 12.0. The average Bonchev–Trinajstić information content (AvgIpc) is 2.79. The summed E-state index contributed by atoms with van der Waals surface area (Å²) in [6, 6.07) is 3.05. The van der Waals surface area contributed by atoms with Crippen LogP contribution in [0.15, 0.2) is 47.9 Å². The van der Waals surface area contributed by atoms with Crippen molar-refractivity contribution in [3.8, 4) is 0 Å². The molecule has 0 saturated carbocycles. The maximum atomic E-state index is 12.0. The molecule has 3 heterocycles. The molecule has 0 aromatic carbocycles. The van der Waals surface area contributed by atoms with Crippen molar-refractivity contribution in [2.24, 2.45) is 5.73 Å². The lowest BCUT2D eigenvalue weighted by molar-refractivity contribution is -0.687. The van der Waals surface area contributed by atoms with E-state index < -0.39 is 12.0 Å². The van der Waals surface area contributed by atoms with Crippen molar-refractivity contribution in [2.45, 2.75) is 24.4 Å². The van der Waals surface area contributed by atoms with Crippen molar-refractivity contribution < 1.29 is 33.9 Å². The number of nitrogens with zero attached hydrogens (tertiary/aromatic N) is 2. The van der Waals surface area contributed by atoms with Crippen LogP contribution in [0.3, 0.4) is 0 Å². The number of fused-ring (bicyclic) bond motifs is 1. The van der Waals surface area contributed by atoms with E-state index in [1.54, 1.807) is 6.08 Å². The maximum Gasteiger partial charge on any atom is 0.352 e. The van der Waals surface area contributed by atoms with E-state index in [2.05, 4.69) is 5.32 Å². The second kappa shape index (κ2) is 11.2. The van der Waals surface area contributed by atoms with Gasteiger partial charge in [0.05, 0.1) is 26.2 Å². The quantitative estimate of drug-likeness (QED) is 0.181. The van der Waals surface area contributed by atoms with Gasteiger partial charge in [-0.3, -0.25) is 14.5 Å². The molecule has 172 valence electrons. The minimum Gasteiger partial charge on any atom is -0.477 e. The Bertz CT molecular complexity index is 917. The molecule has 0 aliphatic carbocycles. The average molecular weight is 464 g/mol. The Morgan fingerprint density at radius 3 is 2.78 bits per heavy atom. The normalized spacial score (nSPS) is 20.3. The highest BCUT2D eigenvalue weighted by Gasteiger charge is 2.51. The number of nitrogens with two attached hydrogens (primary N) is 1. The number of hydrogen-bond donors (Lipinski definition) is 4.